The van der Waals surface area contributed by atoms with Crippen LogP contribution < -0.4 is 5.56 Å². The van der Waals surface area contributed by atoms with Crippen molar-refractivity contribution in [2.45, 2.75) is 37.7 Å². The number of aromatic nitrogens is 4. The lowest BCUT2D eigenvalue weighted by molar-refractivity contribution is 0.514. The Morgan fingerprint density at radius 3 is 2.57 bits per heavy atom. The highest BCUT2D eigenvalue weighted by molar-refractivity contribution is 7.98. The minimum atomic E-state index is -0.0334. The number of fused-ring (bicyclic) bond motifs is 1. The molecule has 0 saturated heterocycles. The van der Waals surface area contributed by atoms with Crippen LogP contribution in [0.1, 0.15) is 31.3 Å². The Labute approximate surface area is 166 Å². The first-order valence-electron chi connectivity index (χ1n) is 9.06. The van der Waals surface area contributed by atoms with Gasteiger partial charge in [0, 0.05) is 11.6 Å². The van der Waals surface area contributed by atoms with Crippen molar-refractivity contribution in [2.24, 2.45) is 0 Å². The summed E-state index contributed by atoms with van der Waals surface area (Å²) in [5.74, 6) is 1.43. The maximum absolute atomic E-state index is 12.9. The summed E-state index contributed by atoms with van der Waals surface area (Å²) >= 11 is 1.42. The minimum absolute atomic E-state index is 0.00193. The summed E-state index contributed by atoms with van der Waals surface area (Å²) in [6.07, 6.45) is 0. The summed E-state index contributed by atoms with van der Waals surface area (Å²) in [4.78, 5) is 17.6. The van der Waals surface area contributed by atoms with Gasteiger partial charge in [0.1, 0.15) is 0 Å². The van der Waals surface area contributed by atoms with Crippen molar-refractivity contribution >= 4 is 22.7 Å². The molecule has 0 atom stereocenters. The molecule has 0 saturated carbocycles. The van der Waals surface area contributed by atoms with Crippen LogP contribution >= 0.6 is 11.8 Å². The number of nitrogens with zero attached hydrogens (tertiary/aromatic N) is 4. The van der Waals surface area contributed by atoms with Crippen LogP contribution in [0, 0.1) is 6.92 Å². The van der Waals surface area contributed by atoms with E-state index in [1.807, 2.05) is 69.3 Å². The lowest BCUT2D eigenvalue weighted by Crippen LogP contribution is -2.25. The Morgan fingerprint density at radius 2 is 1.82 bits per heavy atom. The number of para-hydroxylation sites is 1. The van der Waals surface area contributed by atoms with Crippen molar-refractivity contribution in [3.63, 3.8) is 0 Å². The number of hydrogen-bond donors (Lipinski definition) is 0. The van der Waals surface area contributed by atoms with E-state index in [2.05, 4.69) is 15.2 Å². The van der Waals surface area contributed by atoms with Gasteiger partial charge < -0.3 is 4.42 Å². The highest BCUT2D eigenvalue weighted by Gasteiger charge is 2.16. The number of rotatable bonds is 5. The normalized spacial score (nSPS) is 11.4. The van der Waals surface area contributed by atoms with Crippen LogP contribution in [0.5, 0.6) is 0 Å². The van der Waals surface area contributed by atoms with Gasteiger partial charge in [-0.3, -0.25) is 9.36 Å². The van der Waals surface area contributed by atoms with E-state index in [1.165, 1.54) is 17.3 Å². The van der Waals surface area contributed by atoms with E-state index >= 15 is 0 Å². The fourth-order valence-corrected chi connectivity index (χ4v) is 3.90. The summed E-state index contributed by atoms with van der Waals surface area (Å²) in [5, 5.41) is 9.54. The van der Waals surface area contributed by atoms with Crippen molar-refractivity contribution in [3.05, 3.63) is 70.3 Å². The van der Waals surface area contributed by atoms with Crippen molar-refractivity contribution in [3.8, 4) is 11.5 Å². The molecule has 0 radical (unpaired) electrons. The third-order valence-electron chi connectivity index (χ3n) is 4.38. The molecule has 0 aliphatic heterocycles. The lowest BCUT2D eigenvalue weighted by atomic mass is 10.1. The number of hydrogen-bond acceptors (Lipinski definition) is 6. The van der Waals surface area contributed by atoms with E-state index in [4.69, 9.17) is 4.42 Å². The second kappa shape index (κ2) is 7.59. The molecular formula is C21H20N4O2S. The molecule has 4 aromatic rings. The van der Waals surface area contributed by atoms with Gasteiger partial charge in [-0.2, -0.15) is 0 Å². The van der Waals surface area contributed by atoms with E-state index in [0.717, 1.165) is 5.56 Å². The average Bonchev–Trinajstić information content (AvgIpc) is 3.16. The van der Waals surface area contributed by atoms with Crippen molar-refractivity contribution in [2.75, 3.05) is 0 Å². The van der Waals surface area contributed by atoms with E-state index in [-0.39, 0.29) is 11.6 Å². The van der Waals surface area contributed by atoms with Gasteiger partial charge in [0.2, 0.25) is 11.8 Å². The zero-order chi connectivity index (χ0) is 19.7. The zero-order valence-corrected chi connectivity index (χ0v) is 16.7. The van der Waals surface area contributed by atoms with Crippen LogP contribution in [-0.2, 0) is 5.75 Å². The second-order valence-corrected chi connectivity index (χ2v) is 7.78. The summed E-state index contributed by atoms with van der Waals surface area (Å²) in [6, 6.07) is 15.3. The molecule has 7 heteroatoms. The Bertz CT molecular complexity index is 1180. The highest BCUT2D eigenvalue weighted by atomic mass is 32.2. The monoisotopic (exact) mass is 392 g/mol. The highest BCUT2D eigenvalue weighted by Crippen LogP contribution is 2.25. The lowest BCUT2D eigenvalue weighted by Gasteiger charge is -2.15. The van der Waals surface area contributed by atoms with Crippen LogP contribution in [0.25, 0.3) is 22.4 Å². The standard InChI is InChI=1S/C21H20N4O2S/c1-13(2)25-20(26)16-6-4-5-7-17(16)22-21(25)28-12-18-23-24-19(27-18)15-10-8-14(3)9-11-15/h4-11,13H,12H2,1-3H3. The van der Waals surface area contributed by atoms with Crippen LogP contribution in [0.15, 0.2) is 62.9 Å². The molecular weight excluding hydrogens is 372 g/mol. The molecule has 0 spiro atoms. The van der Waals surface area contributed by atoms with Crippen LogP contribution in [0.3, 0.4) is 0 Å². The first-order chi connectivity index (χ1) is 13.5. The minimum Gasteiger partial charge on any atom is -0.420 e. The van der Waals surface area contributed by atoms with Gasteiger partial charge in [0.05, 0.1) is 16.7 Å². The summed E-state index contributed by atoms with van der Waals surface area (Å²) in [7, 11) is 0. The van der Waals surface area contributed by atoms with Crippen molar-refractivity contribution in [1.29, 1.82) is 0 Å². The third kappa shape index (κ3) is 3.57. The van der Waals surface area contributed by atoms with Gasteiger partial charge in [-0.1, -0.05) is 41.6 Å². The van der Waals surface area contributed by atoms with Gasteiger partial charge in [-0.05, 0) is 45.0 Å². The molecule has 0 unspecified atom stereocenters. The van der Waals surface area contributed by atoms with Crippen LogP contribution in [0.4, 0.5) is 0 Å². The second-order valence-electron chi connectivity index (χ2n) is 6.84. The molecule has 0 fully saturated rings. The Balaban J connectivity index is 1.62. The predicted octanol–water partition coefficient (Wildman–Crippen LogP) is 4.63. The zero-order valence-electron chi connectivity index (χ0n) is 15.9. The van der Waals surface area contributed by atoms with Crippen molar-refractivity contribution in [1.82, 2.24) is 19.7 Å². The summed E-state index contributed by atoms with van der Waals surface area (Å²) in [5.41, 5.74) is 2.72. The largest absolute Gasteiger partial charge is 0.420 e. The van der Waals surface area contributed by atoms with E-state index in [1.54, 1.807) is 4.57 Å². The van der Waals surface area contributed by atoms with Gasteiger partial charge in [0.15, 0.2) is 5.16 Å². The Morgan fingerprint density at radius 1 is 1.07 bits per heavy atom. The first-order valence-corrected chi connectivity index (χ1v) is 10.0. The first kappa shape index (κ1) is 18.4. The maximum atomic E-state index is 12.9. The quantitative estimate of drug-likeness (QED) is 0.364. The van der Waals surface area contributed by atoms with Gasteiger partial charge in [0.25, 0.3) is 5.56 Å². The summed E-state index contributed by atoms with van der Waals surface area (Å²) in [6.45, 7) is 5.98. The maximum Gasteiger partial charge on any atom is 0.262 e. The molecule has 2 aromatic heterocycles. The molecule has 2 heterocycles. The number of benzene rings is 2. The molecule has 0 bridgehead atoms. The predicted molar refractivity (Wildman–Crippen MR) is 110 cm³/mol. The molecule has 2 aromatic carbocycles. The fourth-order valence-electron chi connectivity index (χ4n) is 2.93. The van der Waals surface area contributed by atoms with E-state index in [9.17, 15) is 4.79 Å². The molecule has 6 nitrogen and oxygen atoms in total. The number of aryl methyl sites for hydroxylation is 1. The molecule has 0 amide bonds. The summed E-state index contributed by atoms with van der Waals surface area (Å²) < 4.78 is 7.50. The Hall–Kier alpha value is -2.93. The third-order valence-corrected chi connectivity index (χ3v) is 5.32. The van der Waals surface area contributed by atoms with E-state index in [0.29, 0.717) is 33.6 Å². The molecule has 28 heavy (non-hydrogen) atoms. The van der Waals surface area contributed by atoms with Gasteiger partial charge in [-0.25, -0.2) is 4.98 Å². The topological polar surface area (TPSA) is 73.8 Å². The molecule has 0 aliphatic rings. The average molecular weight is 392 g/mol. The van der Waals surface area contributed by atoms with Gasteiger partial charge >= 0.3 is 0 Å². The smallest absolute Gasteiger partial charge is 0.262 e. The van der Waals surface area contributed by atoms with Crippen LogP contribution in [-0.4, -0.2) is 19.7 Å². The molecule has 0 aliphatic carbocycles. The molecule has 4 rings (SSSR count). The van der Waals surface area contributed by atoms with Gasteiger partial charge in [-0.15, -0.1) is 10.2 Å². The van der Waals surface area contributed by atoms with Crippen molar-refractivity contribution < 1.29 is 4.42 Å². The SMILES string of the molecule is Cc1ccc(-c2nnc(CSc3nc4ccccc4c(=O)n3C(C)C)o2)cc1. The van der Waals surface area contributed by atoms with Crippen LogP contribution in [0.2, 0.25) is 0 Å². The fraction of sp³-hybridized carbons (Fsp3) is 0.238. The molecule has 0 N–H and O–H groups in total. The van der Waals surface area contributed by atoms with E-state index < -0.39 is 0 Å². The Kier molecular flexibility index (Phi) is 5.00. The molecule has 142 valence electrons. The number of thioether (sulfide) groups is 1.